The van der Waals surface area contributed by atoms with Crippen LogP contribution in [0.1, 0.15) is 30.3 Å². The summed E-state index contributed by atoms with van der Waals surface area (Å²) in [6, 6.07) is 7.86. The predicted molar refractivity (Wildman–Crippen MR) is 102 cm³/mol. The molecule has 0 N–H and O–H groups in total. The number of hydrogen-bond acceptors (Lipinski definition) is 8. The van der Waals surface area contributed by atoms with E-state index in [2.05, 4.69) is 31.1 Å². The Morgan fingerprint density at radius 3 is 3.00 bits per heavy atom. The summed E-state index contributed by atoms with van der Waals surface area (Å²) >= 11 is 0. The van der Waals surface area contributed by atoms with E-state index in [0.717, 1.165) is 25.9 Å². The number of rotatable bonds is 8. The van der Waals surface area contributed by atoms with E-state index in [4.69, 9.17) is 14.0 Å². The van der Waals surface area contributed by atoms with Crippen molar-refractivity contribution in [2.45, 2.75) is 25.4 Å². The molecule has 1 aliphatic rings. The second-order valence-corrected chi connectivity index (χ2v) is 6.64. The number of likely N-dealkylation sites (tertiary alicyclic amines) is 1. The van der Waals surface area contributed by atoms with E-state index in [1.165, 1.54) is 5.56 Å². The molecule has 4 rings (SSSR count). The van der Waals surface area contributed by atoms with Crippen LogP contribution < -0.4 is 4.74 Å². The predicted octanol–water partition coefficient (Wildman–Crippen LogP) is 2.89. The highest BCUT2D eigenvalue weighted by Crippen LogP contribution is 2.34. The fourth-order valence-electron chi connectivity index (χ4n) is 3.40. The molecule has 28 heavy (non-hydrogen) atoms. The molecule has 0 saturated carbocycles. The zero-order chi connectivity index (χ0) is 19.2. The topological polar surface area (TPSA) is 86.4 Å². The maximum atomic E-state index is 5.69. The van der Waals surface area contributed by atoms with Gasteiger partial charge in [0.1, 0.15) is 6.61 Å². The van der Waals surface area contributed by atoms with Gasteiger partial charge in [-0.1, -0.05) is 11.2 Å². The van der Waals surface area contributed by atoms with Gasteiger partial charge in [0, 0.05) is 32.2 Å². The van der Waals surface area contributed by atoms with Crippen molar-refractivity contribution in [2.24, 2.45) is 0 Å². The first-order valence-electron chi connectivity index (χ1n) is 9.39. The maximum Gasteiger partial charge on any atom is 0.244 e. The lowest BCUT2D eigenvalue weighted by molar-refractivity contribution is 0.144. The van der Waals surface area contributed by atoms with E-state index >= 15 is 0 Å². The van der Waals surface area contributed by atoms with Gasteiger partial charge in [-0.3, -0.25) is 9.88 Å². The first-order chi connectivity index (χ1) is 13.8. The normalized spacial score (nSPS) is 17.1. The van der Waals surface area contributed by atoms with Gasteiger partial charge in [-0.05, 0) is 43.1 Å². The molecular formula is C20H23N5O3. The third kappa shape index (κ3) is 4.18. The van der Waals surface area contributed by atoms with Crippen LogP contribution in [0.2, 0.25) is 0 Å². The van der Waals surface area contributed by atoms with Gasteiger partial charge in [-0.25, -0.2) is 4.98 Å². The molecule has 146 valence electrons. The fourth-order valence-corrected chi connectivity index (χ4v) is 3.40. The molecule has 3 aromatic heterocycles. The monoisotopic (exact) mass is 381 g/mol. The quantitative estimate of drug-likeness (QED) is 0.551. The summed E-state index contributed by atoms with van der Waals surface area (Å²) < 4.78 is 16.3. The first-order valence-corrected chi connectivity index (χ1v) is 9.39. The fraction of sp³-hybridized carbons (Fsp3) is 0.400. The molecule has 1 fully saturated rings. The van der Waals surface area contributed by atoms with Crippen LogP contribution in [0.5, 0.6) is 5.88 Å². The molecular weight excluding hydrogens is 358 g/mol. The molecule has 0 unspecified atom stereocenters. The van der Waals surface area contributed by atoms with Gasteiger partial charge in [0.15, 0.2) is 0 Å². The van der Waals surface area contributed by atoms with Crippen LogP contribution in [0.4, 0.5) is 0 Å². The first kappa shape index (κ1) is 18.5. The Hall–Kier alpha value is -2.84. The zero-order valence-electron chi connectivity index (χ0n) is 15.8. The highest BCUT2D eigenvalue weighted by atomic mass is 16.5. The van der Waals surface area contributed by atoms with E-state index < -0.39 is 0 Å². The second kappa shape index (κ2) is 8.90. The molecule has 1 atom stereocenters. The minimum Gasteiger partial charge on any atom is -0.475 e. The summed E-state index contributed by atoms with van der Waals surface area (Å²) in [5, 5.41) is 4.19. The van der Waals surface area contributed by atoms with E-state index in [1.807, 2.05) is 24.4 Å². The summed E-state index contributed by atoms with van der Waals surface area (Å²) in [7, 11) is 1.63. The smallest absolute Gasteiger partial charge is 0.244 e. The highest BCUT2D eigenvalue weighted by molar-refractivity contribution is 5.60. The van der Waals surface area contributed by atoms with E-state index in [9.17, 15) is 0 Å². The van der Waals surface area contributed by atoms with Gasteiger partial charge in [-0.15, -0.1) is 0 Å². The lowest BCUT2D eigenvalue weighted by atomic mass is 10.2. The Labute approximate surface area is 163 Å². The number of ether oxygens (including phenoxy) is 2. The van der Waals surface area contributed by atoms with Crippen LogP contribution >= 0.6 is 0 Å². The Bertz CT molecular complexity index is 886. The minimum atomic E-state index is 0.107. The van der Waals surface area contributed by atoms with Crippen LogP contribution in [-0.4, -0.2) is 51.9 Å². The molecule has 0 spiro atoms. The SMILES string of the molecule is COCCOc1ncccc1-c1noc([C@@H]2CCCN2Cc2cccnc2)n1. The number of aromatic nitrogens is 4. The summed E-state index contributed by atoms with van der Waals surface area (Å²) in [6.07, 6.45) is 7.45. The lowest BCUT2D eigenvalue weighted by Gasteiger charge is -2.21. The molecule has 4 heterocycles. The average molecular weight is 381 g/mol. The van der Waals surface area contributed by atoms with Crippen molar-refractivity contribution < 1.29 is 14.0 Å². The second-order valence-electron chi connectivity index (χ2n) is 6.64. The lowest BCUT2D eigenvalue weighted by Crippen LogP contribution is -2.23. The summed E-state index contributed by atoms with van der Waals surface area (Å²) in [4.78, 5) is 15.5. The Kier molecular flexibility index (Phi) is 5.89. The molecule has 8 nitrogen and oxygen atoms in total. The summed E-state index contributed by atoms with van der Waals surface area (Å²) in [5.74, 6) is 1.59. The molecule has 0 radical (unpaired) electrons. The number of methoxy groups -OCH3 is 1. The Morgan fingerprint density at radius 2 is 2.14 bits per heavy atom. The number of nitrogens with zero attached hydrogens (tertiary/aromatic N) is 5. The molecule has 1 aliphatic heterocycles. The zero-order valence-corrected chi connectivity index (χ0v) is 15.8. The molecule has 0 aromatic carbocycles. The van der Waals surface area contributed by atoms with Gasteiger partial charge in [0.05, 0.1) is 18.2 Å². The maximum absolute atomic E-state index is 5.69. The van der Waals surface area contributed by atoms with Crippen molar-refractivity contribution in [3.05, 3.63) is 54.3 Å². The molecule has 3 aromatic rings. The Morgan fingerprint density at radius 1 is 1.21 bits per heavy atom. The van der Waals surface area contributed by atoms with Gasteiger partial charge in [-0.2, -0.15) is 4.98 Å². The largest absolute Gasteiger partial charge is 0.475 e. The van der Waals surface area contributed by atoms with Crippen molar-refractivity contribution in [1.82, 2.24) is 25.0 Å². The van der Waals surface area contributed by atoms with Crippen LogP contribution in [0.3, 0.4) is 0 Å². The summed E-state index contributed by atoms with van der Waals surface area (Å²) in [6.45, 7) is 2.70. The minimum absolute atomic E-state index is 0.107. The molecule has 0 aliphatic carbocycles. The standard InChI is InChI=1S/C20H23N5O3/c1-26-11-12-27-19-16(6-3-9-22-19)18-23-20(28-24-18)17-7-4-10-25(17)14-15-5-2-8-21-13-15/h2-3,5-6,8-9,13,17H,4,7,10-12,14H2,1H3/t17-/m0/s1. The van der Waals surface area contributed by atoms with Crippen LogP contribution in [0.15, 0.2) is 47.4 Å². The highest BCUT2D eigenvalue weighted by Gasteiger charge is 2.31. The van der Waals surface area contributed by atoms with Gasteiger partial charge in [0.2, 0.25) is 17.6 Å². The van der Waals surface area contributed by atoms with E-state index in [-0.39, 0.29) is 6.04 Å². The third-order valence-electron chi connectivity index (χ3n) is 4.74. The molecule has 0 bridgehead atoms. The van der Waals surface area contributed by atoms with Crippen molar-refractivity contribution in [1.29, 1.82) is 0 Å². The third-order valence-corrected chi connectivity index (χ3v) is 4.74. The molecule has 8 heteroatoms. The van der Waals surface area contributed by atoms with Gasteiger partial charge < -0.3 is 14.0 Å². The molecule has 0 amide bonds. The van der Waals surface area contributed by atoms with E-state index in [0.29, 0.717) is 36.4 Å². The number of pyridine rings is 2. The van der Waals surface area contributed by atoms with Crippen LogP contribution in [0, 0.1) is 0 Å². The van der Waals surface area contributed by atoms with Crippen molar-refractivity contribution in [2.75, 3.05) is 26.9 Å². The van der Waals surface area contributed by atoms with Gasteiger partial charge >= 0.3 is 0 Å². The van der Waals surface area contributed by atoms with Gasteiger partial charge in [0.25, 0.3) is 0 Å². The van der Waals surface area contributed by atoms with E-state index in [1.54, 1.807) is 19.5 Å². The van der Waals surface area contributed by atoms with Crippen molar-refractivity contribution >= 4 is 0 Å². The molecule has 1 saturated heterocycles. The van der Waals surface area contributed by atoms with Crippen molar-refractivity contribution in [3.63, 3.8) is 0 Å². The number of hydrogen-bond donors (Lipinski definition) is 0. The summed E-state index contributed by atoms with van der Waals surface area (Å²) in [5.41, 5.74) is 1.89. The van der Waals surface area contributed by atoms with Crippen LogP contribution in [-0.2, 0) is 11.3 Å². The Balaban J connectivity index is 1.51. The average Bonchev–Trinajstić information content (AvgIpc) is 3.39. The van der Waals surface area contributed by atoms with Crippen LogP contribution in [0.25, 0.3) is 11.4 Å². The van der Waals surface area contributed by atoms with Crippen molar-refractivity contribution in [3.8, 4) is 17.3 Å².